The van der Waals surface area contributed by atoms with Crippen molar-refractivity contribution in [1.82, 2.24) is 25.0 Å². The number of carbonyl (C=O) groups is 1. The molecule has 1 N–H and O–H groups in total. The summed E-state index contributed by atoms with van der Waals surface area (Å²) in [6.45, 7) is 3.23. The number of rotatable bonds is 5. The van der Waals surface area contributed by atoms with Crippen molar-refractivity contribution < 1.29 is 9.53 Å². The summed E-state index contributed by atoms with van der Waals surface area (Å²) in [5.41, 5.74) is 2.24. The molecule has 2 aliphatic rings. The van der Waals surface area contributed by atoms with E-state index in [1.807, 2.05) is 17.0 Å². The van der Waals surface area contributed by atoms with Crippen molar-refractivity contribution in [2.24, 2.45) is 5.92 Å². The van der Waals surface area contributed by atoms with Crippen LogP contribution in [0.15, 0.2) is 36.9 Å². The van der Waals surface area contributed by atoms with Gasteiger partial charge >= 0.3 is 6.03 Å². The predicted molar refractivity (Wildman–Crippen MR) is 91.8 cm³/mol. The van der Waals surface area contributed by atoms with Crippen LogP contribution in [0.4, 0.5) is 4.79 Å². The molecule has 7 nitrogen and oxygen atoms in total. The lowest BCUT2D eigenvalue weighted by molar-refractivity contribution is 0.00463. The first kappa shape index (κ1) is 16.1. The molecule has 2 amide bonds. The fourth-order valence-electron chi connectivity index (χ4n) is 3.29. The van der Waals surface area contributed by atoms with Gasteiger partial charge in [-0.3, -0.25) is 0 Å². The molecule has 2 fully saturated rings. The summed E-state index contributed by atoms with van der Waals surface area (Å²) in [4.78, 5) is 18.4. The number of amides is 2. The fourth-order valence-corrected chi connectivity index (χ4v) is 3.29. The molecule has 2 heterocycles. The summed E-state index contributed by atoms with van der Waals surface area (Å²) in [5.74, 6) is 0.627. The largest absolute Gasteiger partial charge is 0.377 e. The first-order valence-corrected chi connectivity index (χ1v) is 8.82. The minimum Gasteiger partial charge on any atom is -0.377 e. The first-order valence-electron chi connectivity index (χ1n) is 8.82. The predicted octanol–water partition coefficient (Wildman–Crippen LogP) is 1.65. The van der Waals surface area contributed by atoms with Gasteiger partial charge in [-0.1, -0.05) is 24.3 Å². The molecule has 7 heteroatoms. The van der Waals surface area contributed by atoms with E-state index in [4.69, 9.17) is 4.74 Å². The third kappa shape index (κ3) is 3.99. The lowest BCUT2D eigenvalue weighted by Gasteiger charge is -2.35. The Morgan fingerprint density at radius 2 is 2.04 bits per heavy atom. The highest BCUT2D eigenvalue weighted by Gasteiger charge is 2.39. The SMILES string of the molecule is O=C(NCc1ccc(Cn2cncn2)cc1)N1CCOC[C@H]1C1CC1. The Morgan fingerprint density at radius 1 is 1.24 bits per heavy atom. The number of nitrogens with one attached hydrogen (secondary N) is 1. The van der Waals surface area contributed by atoms with Crippen LogP contribution in [-0.4, -0.2) is 51.5 Å². The van der Waals surface area contributed by atoms with E-state index in [0.29, 0.717) is 38.8 Å². The standard InChI is InChI=1S/C18H23N5O2/c24-18(23-7-8-25-11-17(23)16-5-6-16)20-9-14-1-3-15(4-2-14)10-22-13-19-12-21-22/h1-4,12-13,16-17H,5-11H2,(H,20,24)/t17-/m0/s1. The number of morpholine rings is 1. The monoisotopic (exact) mass is 341 g/mol. The molecule has 1 aliphatic heterocycles. The average molecular weight is 341 g/mol. The van der Waals surface area contributed by atoms with Crippen LogP contribution >= 0.6 is 0 Å². The summed E-state index contributed by atoms with van der Waals surface area (Å²) in [5, 5.41) is 7.15. The van der Waals surface area contributed by atoms with E-state index < -0.39 is 0 Å². The number of hydrogen-bond acceptors (Lipinski definition) is 4. The zero-order valence-electron chi connectivity index (χ0n) is 14.2. The van der Waals surface area contributed by atoms with Gasteiger partial charge in [0.2, 0.25) is 0 Å². The van der Waals surface area contributed by atoms with Crippen molar-refractivity contribution in [3.63, 3.8) is 0 Å². The summed E-state index contributed by atoms with van der Waals surface area (Å²) in [7, 11) is 0. The molecule has 2 aromatic rings. The Morgan fingerprint density at radius 3 is 2.76 bits per heavy atom. The summed E-state index contributed by atoms with van der Waals surface area (Å²) in [6, 6.07) is 8.48. The zero-order chi connectivity index (χ0) is 17.1. The number of nitrogens with zero attached hydrogens (tertiary/aromatic N) is 4. The lowest BCUT2D eigenvalue weighted by atomic mass is 10.1. The number of aromatic nitrogens is 3. The Kier molecular flexibility index (Phi) is 4.65. The molecule has 25 heavy (non-hydrogen) atoms. The Bertz CT molecular complexity index is 697. The van der Waals surface area contributed by atoms with E-state index in [0.717, 1.165) is 11.1 Å². The highest BCUT2D eigenvalue weighted by atomic mass is 16.5. The van der Waals surface area contributed by atoms with Crippen LogP contribution in [0, 0.1) is 5.92 Å². The maximum absolute atomic E-state index is 12.5. The average Bonchev–Trinajstić information content (AvgIpc) is 3.38. The lowest BCUT2D eigenvalue weighted by Crippen LogP contribution is -2.53. The van der Waals surface area contributed by atoms with E-state index in [9.17, 15) is 4.79 Å². The highest BCUT2D eigenvalue weighted by Crippen LogP contribution is 2.36. The second kappa shape index (κ2) is 7.23. The van der Waals surface area contributed by atoms with Crippen LogP contribution in [0.25, 0.3) is 0 Å². The molecule has 0 bridgehead atoms. The van der Waals surface area contributed by atoms with Gasteiger partial charge in [-0.15, -0.1) is 0 Å². The van der Waals surface area contributed by atoms with E-state index >= 15 is 0 Å². The first-order chi connectivity index (χ1) is 12.3. The van der Waals surface area contributed by atoms with Crippen molar-refractivity contribution in [1.29, 1.82) is 0 Å². The third-order valence-electron chi connectivity index (χ3n) is 4.87. The van der Waals surface area contributed by atoms with Crippen LogP contribution in [0.1, 0.15) is 24.0 Å². The number of hydrogen-bond donors (Lipinski definition) is 1. The van der Waals surface area contributed by atoms with Gasteiger partial charge in [0.05, 0.1) is 25.8 Å². The molecule has 1 aromatic carbocycles. The van der Waals surface area contributed by atoms with Gasteiger partial charge in [-0.2, -0.15) is 5.10 Å². The Labute approximate surface area is 147 Å². The second-order valence-electron chi connectivity index (χ2n) is 6.74. The smallest absolute Gasteiger partial charge is 0.318 e. The van der Waals surface area contributed by atoms with Crippen molar-refractivity contribution in [3.8, 4) is 0 Å². The van der Waals surface area contributed by atoms with Crippen LogP contribution in [0.2, 0.25) is 0 Å². The summed E-state index contributed by atoms with van der Waals surface area (Å²) in [6.07, 6.45) is 5.66. The molecule has 1 atom stereocenters. The quantitative estimate of drug-likeness (QED) is 0.897. The normalized spacial score (nSPS) is 20.5. The molecule has 1 aromatic heterocycles. The second-order valence-corrected chi connectivity index (χ2v) is 6.74. The van der Waals surface area contributed by atoms with Gasteiger partial charge in [0.25, 0.3) is 0 Å². The van der Waals surface area contributed by atoms with Gasteiger partial charge < -0.3 is 15.0 Å². The maximum Gasteiger partial charge on any atom is 0.318 e. The molecular formula is C18H23N5O2. The van der Waals surface area contributed by atoms with E-state index in [2.05, 4.69) is 27.5 Å². The number of ether oxygens (including phenoxy) is 1. The number of carbonyl (C=O) groups excluding carboxylic acids is 1. The summed E-state index contributed by atoms with van der Waals surface area (Å²) < 4.78 is 7.33. The van der Waals surface area contributed by atoms with Crippen molar-refractivity contribution in [2.75, 3.05) is 19.8 Å². The van der Waals surface area contributed by atoms with E-state index in [1.165, 1.54) is 19.2 Å². The molecule has 4 rings (SSSR count). The van der Waals surface area contributed by atoms with Crippen LogP contribution in [0.5, 0.6) is 0 Å². The molecule has 132 valence electrons. The molecule has 1 saturated heterocycles. The van der Waals surface area contributed by atoms with Gasteiger partial charge in [-0.25, -0.2) is 14.5 Å². The minimum atomic E-state index is 0.0203. The Balaban J connectivity index is 1.30. The van der Waals surface area contributed by atoms with Crippen LogP contribution < -0.4 is 5.32 Å². The van der Waals surface area contributed by atoms with Gasteiger partial charge in [-0.05, 0) is 29.9 Å². The van der Waals surface area contributed by atoms with Crippen LogP contribution in [0.3, 0.4) is 0 Å². The number of urea groups is 1. The van der Waals surface area contributed by atoms with Crippen molar-refractivity contribution in [3.05, 3.63) is 48.0 Å². The van der Waals surface area contributed by atoms with Crippen molar-refractivity contribution in [2.45, 2.75) is 32.0 Å². The van der Waals surface area contributed by atoms with Gasteiger partial charge in [0, 0.05) is 13.1 Å². The fraction of sp³-hybridized carbons (Fsp3) is 0.500. The van der Waals surface area contributed by atoms with E-state index in [-0.39, 0.29) is 12.1 Å². The zero-order valence-corrected chi connectivity index (χ0v) is 14.2. The highest BCUT2D eigenvalue weighted by molar-refractivity contribution is 5.74. The van der Waals surface area contributed by atoms with Gasteiger partial charge in [0.15, 0.2) is 0 Å². The number of benzene rings is 1. The van der Waals surface area contributed by atoms with E-state index in [1.54, 1.807) is 11.0 Å². The van der Waals surface area contributed by atoms with Crippen molar-refractivity contribution >= 4 is 6.03 Å². The van der Waals surface area contributed by atoms with Gasteiger partial charge in [0.1, 0.15) is 12.7 Å². The maximum atomic E-state index is 12.5. The molecule has 0 radical (unpaired) electrons. The Hall–Kier alpha value is -2.41. The molecule has 1 saturated carbocycles. The molecule has 1 aliphatic carbocycles. The topological polar surface area (TPSA) is 72.3 Å². The van der Waals surface area contributed by atoms with Crippen LogP contribution in [-0.2, 0) is 17.8 Å². The minimum absolute atomic E-state index is 0.0203. The molecule has 0 unspecified atom stereocenters. The molecular weight excluding hydrogens is 318 g/mol. The third-order valence-corrected chi connectivity index (χ3v) is 4.87. The summed E-state index contributed by atoms with van der Waals surface area (Å²) >= 11 is 0. The molecule has 0 spiro atoms.